The SMILES string of the molecule is CN1NC(NCc2ccccc2)=Nc2ccccc2C1=O. The number of nitrogens with zero attached hydrogens (tertiary/aromatic N) is 2. The highest BCUT2D eigenvalue weighted by Crippen LogP contribution is 2.21. The van der Waals surface area contributed by atoms with Gasteiger partial charge in [0.2, 0.25) is 5.96 Å². The molecule has 0 atom stereocenters. The molecule has 0 radical (unpaired) electrons. The Morgan fingerprint density at radius 1 is 1.10 bits per heavy atom. The van der Waals surface area contributed by atoms with Gasteiger partial charge in [-0.2, -0.15) is 0 Å². The molecule has 1 aliphatic heterocycles. The van der Waals surface area contributed by atoms with Crippen molar-refractivity contribution in [2.45, 2.75) is 6.54 Å². The second kappa shape index (κ2) is 5.66. The summed E-state index contributed by atoms with van der Waals surface area (Å²) in [5.74, 6) is 0.450. The van der Waals surface area contributed by atoms with Crippen LogP contribution in [0.3, 0.4) is 0 Å². The van der Waals surface area contributed by atoms with E-state index in [1.54, 1.807) is 13.1 Å². The number of aliphatic imine (C=N–C) groups is 1. The molecule has 1 amide bonds. The van der Waals surface area contributed by atoms with E-state index in [4.69, 9.17) is 0 Å². The van der Waals surface area contributed by atoms with Crippen LogP contribution in [0, 0.1) is 0 Å². The minimum atomic E-state index is -0.106. The number of nitrogens with one attached hydrogen (secondary N) is 2. The van der Waals surface area contributed by atoms with Gasteiger partial charge in [-0.15, -0.1) is 0 Å². The van der Waals surface area contributed by atoms with E-state index < -0.39 is 0 Å². The third kappa shape index (κ3) is 2.86. The van der Waals surface area contributed by atoms with Gasteiger partial charge in [0.1, 0.15) is 0 Å². The van der Waals surface area contributed by atoms with Crippen LogP contribution in [0.4, 0.5) is 5.69 Å². The van der Waals surface area contributed by atoms with E-state index >= 15 is 0 Å². The Morgan fingerprint density at radius 3 is 2.62 bits per heavy atom. The average Bonchev–Trinajstić information content (AvgIpc) is 2.64. The first kappa shape index (κ1) is 13.2. The third-order valence-corrected chi connectivity index (χ3v) is 3.25. The van der Waals surface area contributed by atoms with Crippen LogP contribution in [0.15, 0.2) is 59.6 Å². The topological polar surface area (TPSA) is 56.7 Å². The molecule has 0 saturated heterocycles. The summed E-state index contributed by atoms with van der Waals surface area (Å²) in [6.45, 7) is 0.636. The van der Waals surface area contributed by atoms with Crippen molar-refractivity contribution in [3.05, 3.63) is 65.7 Å². The number of hydrogen-bond donors (Lipinski definition) is 2. The summed E-state index contributed by atoms with van der Waals surface area (Å²) in [5, 5.41) is 4.65. The van der Waals surface area contributed by atoms with Gasteiger partial charge >= 0.3 is 0 Å². The lowest BCUT2D eigenvalue weighted by Gasteiger charge is -2.18. The molecule has 0 spiro atoms. The molecule has 2 N–H and O–H groups in total. The number of para-hydroxylation sites is 1. The van der Waals surface area contributed by atoms with Gasteiger partial charge in [-0.25, -0.2) is 4.99 Å². The number of guanidine groups is 1. The lowest BCUT2D eigenvalue weighted by Crippen LogP contribution is -2.47. The smallest absolute Gasteiger partial charge is 0.274 e. The van der Waals surface area contributed by atoms with Crippen molar-refractivity contribution in [2.24, 2.45) is 4.99 Å². The Kier molecular flexibility index (Phi) is 3.55. The minimum absolute atomic E-state index is 0.106. The summed E-state index contributed by atoms with van der Waals surface area (Å²) in [6, 6.07) is 17.3. The number of benzene rings is 2. The zero-order chi connectivity index (χ0) is 14.7. The van der Waals surface area contributed by atoms with E-state index in [2.05, 4.69) is 15.7 Å². The highest BCUT2D eigenvalue weighted by molar-refractivity contribution is 6.02. The molecule has 0 saturated carbocycles. The van der Waals surface area contributed by atoms with Crippen LogP contribution in [0.1, 0.15) is 15.9 Å². The van der Waals surface area contributed by atoms with Gasteiger partial charge < -0.3 is 5.32 Å². The highest BCUT2D eigenvalue weighted by atomic mass is 16.2. The Labute approximate surface area is 123 Å². The van der Waals surface area contributed by atoms with Crippen molar-refractivity contribution in [1.82, 2.24) is 15.8 Å². The number of carbonyl (C=O) groups is 1. The predicted octanol–water partition coefficient (Wildman–Crippen LogP) is 2.05. The third-order valence-electron chi connectivity index (χ3n) is 3.25. The molecule has 5 nitrogen and oxygen atoms in total. The van der Waals surface area contributed by atoms with E-state index in [1.807, 2.05) is 48.5 Å². The first-order valence-corrected chi connectivity index (χ1v) is 6.74. The summed E-state index contributed by atoms with van der Waals surface area (Å²) in [7, 11) is 1.68. The van der Waals surface area contributed by atoms with Crippen LogP contribution in [-0.2, 0) is 6.54 Å². The largest absolute Gasteiger partial charge is 0.351 e. The summed E-state index contributed by atoms with van der Waals surface area (Å²) < 4.78 is 0. The van der Waals surface area contributed by atoms with Crippen molar-refractivity contribution in [3.8, 4) is 0 Å². The van der Waals surface area contributed by atoms with E-state index in [9.17, 15) is 4.79 Å². The minimum Gasteiger partial charge on any atom is -0.351 e. The lowest BCUT2D eigenvalue weighted by atomic mass is 10.1. The van der Waals surface area contributed by atoms with Crippen molar-refractivity contribution in [2.75, 3.05) is 7.05 Å². The van der Waals surface area contributed by atoms with Gasteiger partial charge in [-0.1, -0.05) is 42.5 Å². The van der Waals surface area contributed by atoms with Gasteiger partial charge in [0, 0.05) is 13.6 Å². The van der Waals surface area contributed by atoms with Crippen LogP contribution < -0.4 is 10.7 Å². The standard InChI is InChI=1S/C16H16N4O/c1-20-15(21)13-9-5-6-10-14(13)18-16(19-20)17-11-12-7-3-2-4-8-12/h2-10H,11H2,1H3,(H2,17,18,19). The first-order chi connectivity index (χ1) is 10.2. The molecule has 106 valence electrons. The molecule has 21 heavy (non-hydrogen) atoms. The Balaban J connectivity index is 1.83. The van der Waals surface area contributed by atoms with E-state index in [0.717, 1.165) is 5.56 Å². The molecule has 0 aliphatic carbocycles. The zero-order valence-corrected chi connectivity index (χ0v) is 11.7. The molecule has 0 unspecified atom stereocenters. The van der Waals surface area contributed by atoms with Gasteiger partial charge in [0.25, 0.3) is 5.91 Å². The van der Waals surface area contributed by atoms with Gasteiger partial charge in [-0.05, 0) is 17.7 Å². The van der Waals surface area contributed by atoms with Gasteiger partial charge in [0.15, 0.2) is 0 Å². The monoisotopic (exact) mass is 280 g/mol. The fourth-order valence-electron chi connectivity index (χ4n) is 2.15. The summed E-state index contributed by atoms with van der Waals surface area (Å²) >= 11 is 0. The highest BCUT2D eigenvalue weighted by Gasteiger charge is 2.20. The first-order valence-electron chi connectivity index (χ1n) is 6.74. The van der Waals surface area contributed by atoms with E-state index in [-0.39, 0.29) is 5.91 Å². The van der Waals surface area contributed by atoms with Crippen molar-refractivity contribution in [3.63, 3.8) is 0 Å². The molecule has 0 fully saturated rings. The fourth-order valence-corrected chi connectivity index (χ4v) is 2.15. The molecule has 0 bridgehead atoms. The predicted molar refractivity (Wildman–Crippen MR) is 82.0 cm³/mol. The Hall–Kier alpha value is -2.82. The second-order valence-corrected chi connectivity index (χ2v) is 4.79. The molecular formula is C16H16N4O. The van der Waals surface area contributed by atoms with E-state index in [0.29, 0.717) is 23.8 Å². The van der Waals surface area contributed by atoms with Crippen LogP contribution in [0.25, 0.3) is 0 Å². The maximum Gasteiger partial charge on any atom is 0.274 e. The van der Waals surface area contributed by atoms with Gasteiger partial charge in [0.05, 0.1) is 11.3 Å². The maximum absolute atomic E-state index is 12.2. The van der Waals surface area contributed by atoms with Crippen molar-refractivity contribution < 1.29 is 4.79 Å². The van der Waals surface area contributed by atoms with Gasteiger partial charge in [-0.3, -0.25) is 15.2 Å². The number of hydrogen-bond acceptors (Lipinski definition) is 4. The number of rotatable bonds is 2. The Bertz CT molecular complexity index is 682. The van der Waals surface area contributed by atoms with Crippen LogP contribution in [-0.4, -0.2) is 23.9 Å². The molecule has 3 rings (SSSR count). The lowest BCUT2D eigenvalue weighted by molar-refractivity contribution is 0.0760. The van der Waals surface area contributed by atoms with Crippen molar-refractivity contribution in [1.29, 1.82) is 0 Å². The van der Waals surface area contributed by atoms with Crippen molar-refractivity contribution >= 4 is 17.6 Å². The second-order valence-electron chi connectivity index (χ2n) is 4.79. The number of fused-ring (bicyclic) bond motifs is 1. The number of carbonyl (C=O) groups excluding carboxylic acids is 1. The Morgan fingerprint density at radius 2 is 1.81 bits per heavy atom. The average molecular weight is 280 g/mol. The molecule has 0 aromatic heterocycles. The normalized spacial score (nSPS) is 13.9. The molecule has 1 heterocycles. The fraction of sp³-hybridized carbons (Fsp3) is 0.125. The van der Waals surface area contributed by atoms with Crippen LogP contribution in [0.5, 0.6) is 0 Å². The van der Waals surface area contributed by atoms with Crippen LogP contribution >= 0.6 is 0 Å². The maximum atomic E-state index is 12.2. The molecule has 1 aliphatic rings. The van der Waals surface area contributed by atoms with E-state index in [1.165, 1.54) is 5.01 Å². The number of hydrazine groups is 1. The van der Waals surface area contributed by atoms with Crippen LogP contribution in [0.2, 0.25) is 0 Å². The summed E-state index contributed by atoms with van der Waals surface area (Å²) in [6.07, 6.45) is 0. The number of amides is 1. The summed E-state index contributed by atoms with van der Waals surface area (Å²) in [5.41, 5.74) is 5.36. The summed E-state index contributed by atoms with van der Waals surface area (Å²) in [4.78, 5) is 16.7. The molecular weight excluding hydrogens is 264 g/mol. The molecule has 2 aromatic carbocycles. The zero-order valence-electron chi connectivity index (χ0n) is 11.7. The molecule has 5 heteroatoms. The molecule has 2 aromatic rings. The quantitative estimate of drug-likeness (QED) is 0.885.